The molecule has 0 spiro atoms. The van der Waals surface area contributed by atoms with Gasteiger partial charge in [0.2, 0.25) is 11.0 Å². The van der Waals surface area contributed by atoms with Crippen LogP contribution in [0.4, 0.5) is 5.13 Å². The number of benzene rings is 2. The van der Waals surface area contributed by atoms with Gasteiger partial charge < -0.3 is 4.74 Å². The number of hydrogen-bond acceptors (Lipinski definition) is 5. The third kappa shape index (κ3) is 4.76. The molecule has 0 bridgehead atoms. The van der Waals surface area contributed by atoms with Crippen molar-refractivity contribution in [2.45, 2.75) is 6.61 Å². The van der Waals surface area contributed by atoms with Crippen LogP contribution in [0.1, 0.15) is 10.6 Å². The zero-order valence-corrected chi connectivity index (χ0v) is 13.6. The van der Waals surface area contributed by atoms with Gasteiger partial charge >= 0.3 is 0 Å². The summed E-state index contributed by atoms with van der Waals surface area (Å²) < 4.78 is 5.60. The number of ether oxygens (including phenoxy) is 1. The maximum Gasteiger partial charge on any atom is 0.250 e. The maximum absolute atomic E-state index is 11.9. The van der Waals surface area contributed by atoms with Gasteiger partial charge in [-0.1, -0.05) is 59.9 Å². The highest BCUT2D eigenvalue weighted by Gasteiger charge is 2.07. The number of hydrogen-bond donors (Lipinski definition) is 1. The summed E-state index contributed by atoms with van der Waals surface area (Å²) in [5, 5.41) is 11.8. The van der Waals surface area contributed by atoms with Gasteiger partial charge in [-0.3, -0.25) is 10.1 Å². The largest absolute Gasteiger partial charge is 0.486 e. The second kappa shape index (κ2) is 8.03. The van der Waals surface area contributed by atoms with Gasteiger partial charge in [-0.05, 0) is 23.8 Å². The maximum atomic E-state index is 11.9. The summed E-state index contributed by atoms with van der Waals surface area (Å²) in [7, 11) is 0. The van der Waals surface area contributed by atoms with E-state index in [2.05, 4.69) is 15.5 Å². The molecule has 120 valence electrons. The van der Waals surface area contributed by atoms with Gasteiger partial charge in [0.25, 0.3) is 0 Å². The molecule has 3 rings (SSSR count). The standard InChI is InChI=1S/C18H15N3O2S/c22-16(12-11-14-7-3-1-4-8-14)19-18-21-20-17(24-18)13-23-15-9-5-2-6-10-15/h1-12H,13H2,(H,19,21,22)/b12-11+. The van der Waals surface area contributed by atoms with Crippen LogP contribution in [0.2, 0.25) is 0 Å². The van der Waals surface area contributed by atoms with Crippen LogP contribution in [0.5, 0.6) is 5.75 Å². The van der Waals surface area contributed by atoms with Gasteiger partial charge in [0.05, 0.1) is 0 Å². The van der Waals surface area contributed by atoms with E-state index in [4.69, 9.17) is 4.74 Å². The predicted molar refractivity (Wildman–Crippen MR) is 94.8 cm³/mol. The lowest BCUT2D eigenvalue weighted by Gasteiger charge is -2.01. The molecule has 1 amide bonds. The molecule has 2 aromatic carbocycles. The van der Waals surface area contributed by atoms with Crippen LogP contribution < -0.4 is 10.1 Å². The zero-order chi connectivity index (χ0) is 16.6. The van der Waals surface area contributed by atoms with Crippen molar-refractivity contribution < 1.29 is 9.53 Å². The Balaban J connectivity index is 1.52. The summed E-state index contributed by atoms with van der Waals surface area (Å²) in [5.41, 5.74) is 0.960. The first-order chi connectivity index (χ1) is 11.8. The minimum atomic E-state index is -0.245. The van der Waals surface area contributed by atoms with E-state index in [-0.39, 0.29) is 5.91 Å². The topological polar surface area (TPSA) is 64.1 Å². The van der Waals surface area contributed by atoms with E-state index in [1.165, 1.54) is 17.4 Å². The average Bonchev–Trinajstić information content (AvgIpc) is 3.07. The van der Waals surface area contributed by atoms with E-state index in [0.29, 0.717) is 16.7 Å². The van der Waals surface area contributed by atoms with Crippen LogP contribution in [-0.4, -0.2) is 16.1 Å². The normalized spacial score (nSPS) is 10.7. The second-order valence-corrected chi connectivity index (χ2v) is 5.90. The molecule has 24 heavy (non-hydrogen) atoms. The highest BCUT2D eigenvalue weighted by Crippen LogP contribution is 2.18. The Labute approximate surface area is 143 Å². The quantitative estimate of drug-likeness (QED) is 0.696. The van der Waals surface area contributed by atoms with Crippen LogP contribution in [0.3, 0.4) is 0 Å². The Morgan fingerprint density at radius 1 is 1.04 bits per heavy atom. The third-order valence-electron chi connectivity index (χ3n) is 3.03. The summed E-state index contributed by atoms with van der Waals surface area (Å²) in [5.74, 6) is 0.523. The summed E-state index contributed by atoms with van der Waals surface area (Å²) in [6, 6.07) is 19.1. The summed E-state index contributed by atoms with van der Waals surface area (Å²) in [4.78, 5) is 11.9. The average molecular weight is 337 g/mol. The monoisotopic (exact) mass is 337 g/mol. The SMILES string of the molecule is O=C(/C=C/c1ccccc1)Nc1nnc(COc2ccccc2)s1. The van der Waals surface area contributed by atoms with E-state index in [0.717, 1.165) is 11.3 Å². The molecule has 6 heteroatoms. The van der Waals surface area contributed by atoms with E-state index in [9.17, 15) is 4.79 Å². The van der Waals surface area contributed by atoms with Crippen molar-refractivity contribution in [1.29, 1.82) is 0 Å². The lowest BCUT2D eigenvalue weighted by atomic mass is 10.2. The summed E-state index contributed by atoms with van der Waals surface area (Å²) >= 11 is 1.29. The molecular formula is C18H15N3O2S. The molecule has 0 saturated heterocycles. The Bertz CT molecular complexity index is 817. The van der Waals surface area contributed by atoms with Gasteiger partial charge in [-0.2, -0.15) is 0 Å². The van der Waals surface area contributed by atoms with Gasteiger partial charge in [0, 0.05) is 6.08 Å². The van der Waals surface area contributed by atoms with Crippen LogP contribution in [0.15, 0.2) is 66.7 Å². The molecule has 0 atom stereocenters. The molecule has 0 saturated carbocycles. The Hall–Kier alpha value is -2.99. The molecule has 0 fully saturated rings. The number of carbonyl (C=O) groups excluding carboxylic acids is 1. The van der Waals surface area contributed by atoms with Crippen LogP contribution in [0, 0.1) is 0 Å². The number of para-hydroxylation sites is 1. The van der Waals surface area contributed by atoms with E-state index >= 15 is 0 Å². The predicted octanol–water partition coefficient (Wildman–Crippen LogP) is 3.77. The third-order valence-corrected chi connectivity index (χ3v) is 3.84. The molecule has 5 nitrogen and oxygen atoms in total. The Morgan fingerprint density at radius 2 is 1.75 bits per heavy atom. The molecule has 0 unspecified atom stereocenters. The molecule has 0 radical (unpaired) electrons. The van der Waals surface area contributed by atoms with Crippen molar-refractivity contribution in [3.8, 4) is 5.75 Å². The molecule has 3 aromatic rings. The number of nitrogens with one attached hydrogen (secondary N) is 1. The zero-order valence-electron chi connectivity index (χ0n) is 12.8. The van der Waals surface area contributed by atoms with Crippen molar-refractivity contribution in [1.82, 2.24) is 10.2 Å². The fraction of sp³-hybridized carbons (Fsp3) is 0.0556. The van der Waals surface area contributed by atoms with Crippen LogP contribution in [0.25, 0.3) is 6.08 Å². The van der Waals surface area contributed by atoms with Crippen molar-refractivity contribution in [2.75, 3.05) is 5.32 Å². The van der Waals surface area contributed by atoms with Crippen molar-refractivity contribution >= 4 is 28.5 Å². The molecule has 1 aromatic heterocycles. The first-order valence-corrected chi connectivity index (χ1v) is 8.15. The van der Waals surface area contributed by atoms with E-state index in [1.807, 2.05) is 60.7 Å². The van der Waals surface area contributed by atoms with Gasteiger partial charge in [-0.25, -0.2) is 0 Å². The smallest absolute Gasteiger partial charge is 0.250 e. The highest BCUT2D eigenvalue weighted by atomic mass is 32.1. The Morgan fingerprint density at radius 3 is 2.50 bits per heavy atom. The van der Waals surface area contributed by atoms with Crippen molar-refractivity contribution in [2.24, 2.45) is 0 Å². The molecule has 1 N–H and O–H groups in total. The first-order valence-electron chi connectivity index (χ1n) is 7.34. The second-order valence-electron chi connectivity index (χ2n) is 4.84. The number of amides is 1. The van der Waals surface area contributed by atoms with Gasteiger partial charge in [0.1, 0.15) is 12.4 Å². The number of rotatable bonds is 6. The van der Waals surface area contributed by atoms with E-state index < -0.39 is 0 Å². The lowest BCUT2D eigenvalue weighted by Crippen LogP contribution is -2.07. The minimum absolute atomic E-state index is 0.245. The fourth-order valence-electron chi connectivity index (χ4n) is 1.91. The van der Waals surface area contributed by atoms with E-state index in [1.54, 1.807) is 6.08 Å². The number of carbonyl (C=O) groups is 1. The fourth-order valence-corrected chi connectivity index (χ4v) is 2.56. The summed E-state index contributed by atoms with van der Waals surface area (Å²) in [6.07, 6.45) is 3.21. The highest BCUT2D eigenvalue weighted by molar-refractivity contribution is 7.15. The molecule has 1 heterocycles. The summed E-state index contributed by atoms with van der Waals surface area (Å²) in [6.45, 7) is 0.317. The Kier molecular flexibility index (Phi) is 5.32. The lowest BCUT2D eigenvalue weighted by molar-refractivity contribution is -0.111. The number of anilines is 1. The molecular weight excluding hydrogens is 322 g/mol. The number of nitrogens with zero attached hydrogens (tertiary/aromatic N) is 2. The van der Waals surface area contributed by atoms with Gasteiger partial charge in [-0.15, -0.1) is 10.2 Å². The van der Waals surface area contributed by atoms with Crippen LogP contribution in [-0.2, 0) is 11.4 Å². The first kappa shape index (κ1) is 15.9. The molecule has 0 aliphatic heterocycles. The minimum Gasteiger partial charge on any atom is -0.486 e. The number of aromatic nitrogens is 2. The molecule has 0 aliphatic rings. The molecule has 0 aliphatic carbocycles. The van der Waals surface area contributed by atoms with Crippen molar-refractivity contribution in [3.05, 3.63) is 77.3 Å². The van der Waals surface area contributed by atoms with Crippen molar-refractivity contribution in [3.63, 3.8) is 0 Å². The van der Waals surface area contributed by atoms with Gasteiger partial charge in [0.15, 0.2) is 5.01 Å². The van der Waals surface area contributed by atoms with Crippen LogP contribution >= 0.6 is 11.3 Å².